The topological polar surface area (TPSA) is 63.6 Å². The lowest BCUT2D eigenvalue weighted by Crippen LogP contribution is -2.08. The summed E-state index contributed by atoms with van der Waals surface area (Å²) in [7, 11) is 1.31. The van der Waals surface area contributed by atoms with Crippen molar-refractivity contribution in [3.8, 4) is 5.75 Å². The quantitative estimate of drug-likeness (QED) is 0.816. The van der Waals surface area contributed by atoms with Crippen LogP contribution in [0, 0.1) is 0 Å². The second-order valence-electron chi connectivity index (χ2n) is 5.03. The number of aryl methyl sites for hydroxylation is 2. The van der Waals surface area contributed by atoms with Gasteiger partial charge in [-0.05, 0) is 54.3 Å². The average Bonchev–Trinajstić information content (AvgIpc) is 2.63. The first-order valence-corrected chi connectivity index (χ1v) is 6.68. The zero-order chi connectivity index (χ0) is 15.0. The monoisotopic (exact) mass is 282 g/mol. The summed E-state index contributed by atoms with van der Waals surface area (Å²) in [5.74, 6) is -0.424. The number of carbonyl (C=O) groups excluding carboxylic acids is 2. The SMILES string of the molecule is COC(=O)c1ccc2c(c1)C(=O)c1ccc(O)cc1CC2. The Hall–Kier alpha value is -2.62. The molecule has 1 N–H and O–H groups in total. The number of ether oxygens (including phenoxy) is 1. The number of aromatic hydroxyl groups is 1. The van der Waals surface area contributed by atoms with Gasteiger partial charge < -0.3 is 9.84 Å². The number of phenolic OH excluding ortho intramolecular Hbond substituents is 1. The summed E-state index contributed by atoms with van der Waals surface area (Å²) in [6.07, 6.45) is 1.37. The molecule has 0 aromatic heterocycles. The minimum Gasteiger partial charge on any atom is -0.508 e. The molecule has 106 valence electrons. The summed E-state index contributed by atoms with van der Waals surface area (Å²) < 4.78 is 4.70. The summed E-state index contributed by atoms with van der Waals surface area (Å²) in [6.45, 7) is 0. The molecule has 21 heavy (non-hydrogen) atoms. The third kappa shape index (κ3) is 2.29. The maximum absolute atomic E-state index is 12.7. The van der Waals surface area contributed by atoms with Gasteiger partial charge in [0.15, 0.2) is 5.78 Å². The highest BCUT2D eigenvalue weighted by molar-refractivity contribution is 6.12. The number of methoxy groups -OCH3 is 1. The van der Waals surface area contributed by atoms with Gasteiger partial charge in [0.1, 0.15) is 5.75 Å². The highest BCUT2D eigenvalue weighted by Gasteiger charge is 2.22. The third-order valence-corrected chi connectivity index (χ3v) is 3.77. The van der Waals surface area contributed by atoms with Gasteiger partial charge in [0.2, 0.25) is 0 Å². The van der Waals surface area contributed by atoms with Crippen molar-refractivity contribution in [1.29, 1.82) is 0 Å². The number of carbonyl (C=O) groups is 2. The minimum atomic E-state index is -0.458. The van der Waals surface area contributed by atoms with E-state index in [2.05, 4.69) is 0 Å². The lowest BCUT2D eigenvalue weighted by molar-refractivity contribution is 0.0600. The van der Waals surface area contributed by atoms with Gasteiger partial charge in [0, 0.05) is 11.1 Å². The van der Waals surface area contributed by atoms with Crippen LogP contribution in [0.3, 0.4) is 0 Å². The van der Waals surface area contributed by atoms with E-state index in [1.807, 2.05) is 0 Å². The zero-order valence-electron chi connectivity index (χ0n) is 11.6. The lowest BCUT2D eigenvalue weighted by Gasteiger charge is -2.07. The van der Waals surface area contributed by atoms with Crippen molar-refractivity contribution in [1.82, 2.24) is 0 Å². The van der Waals surface area contributed by atoms with Crippen LogP contribution in [-0.2, 0) is 17.6 Å². The zero-order valence-corrected chi connectivity index (χ0v) is 11.6. The van der Waals surface area contributed by atoms with E-state index < -0.39 is 5.97 Å². The molecule has 0 radical (unpaired) electrons. The smallest absolute Gasteiger partial charge is 0.337 e. The molecule has 2 aromatic carbocycles. The Balaban J connectivity index is 2.13. The molecule has 0 fully saturated rings. The van der Waals surface area contributed by atoms with Crippen molar-refractivity contribution in [2.24, 2.45) is 0 Å². The predicted octanol–water partition coefficient (Wildman–Crippen LogP) is 2.51. The fourth-order valence-electron chi connectivity index (χ4n) is 2.67. The van der Waals surface area contributed by atoms with E-state index in [0.717, 1.165) is 11.1 Å². The van der Waals surface area contributed by atoms with E-state index in [1.54, 1.807) is 30.3 Å². The van der Waals surface area contributed by atoms with Gasteiger partial charge in [-0.25, -0.2) is 4.79 Å². The summed E-state index contributed by atoms with van der Waals surface area (Å²) in [4.78, 5) is 24.3. The Labute approximate surface area is 122 Å². The summed E-state index contributed by atoms with van der Waals surface area (Å²) in [5.41, 5.74) is 3.21. The maximum atomic E-state index is 12.7. The Bertz CT molecular complexity index is 746. The van der Waals surface area contributed by atoms with Crippen LogP contribution < -0.4 is 0 Å². The molecular weight excluding hydrogens is 268 g/mol. The number of esters is 1. The van der Waals surface area contributed by atoms with Crippen molar-refractivity contribution < 1.29 is 19.4 Å². The van der Waals surface area contributed by atoms with Gasteiger partial charge in [-0.3, -0.25) is 4.79 Å². The number of hydrogen-bond donors (Lipinski definition) is 1. The molecule has 1 aliphatic rings. The minimum absolute atomic E-state index is 0.122. The molecule has 4 heteroatoms. The number of benzene rings is 2. The summed E-state index contributed by atoms with van der Waals surface area (Å²) in [6, 6.07) is 9.82. The molecule has 0 unspecified atom stereocenters. The van der Waals surface area contributed by atoms with Crippen molar-refractivity contribution >= 4 is 11.8 Å². The normalized spacial score (nSPS) is 13.1. The molecule has 3 rings (SSSR count). The second-order valence-corrected chi connectivity index (χ2v) is 5.03. The molecule has 0 heterocycles. The Kier molecular flexibility index (Phi) is 3.22. The molecule has 0 atom stereocenters. The van der Waals surface area contributed by atoms with Crippen LogP contribution in [0.2, 0.25) is 0 Å². The van der Waals surface area contributed by atoms with E-state index in [4.69, 9.17) is 4.74 Å². The van der Waals surface area contributed by atoms with Crippen LogP contribution in [-0.4, -0.2) is 24.0 Å². The van der Waals surface area contributed by atoms with Gasteiger partial charge in [-0.1, -0.05) is 6.07 Å². The summed E-state index contributed by atoms with van der Waals surface area (Å²) >= 11 is 0. The van der Waals surface area contributed by atoms with Crippen LogP contribution in [0.4, 0.5) is 0 Å². The van der Waals surface area contributed by atoms with Crippen molar-refractivity contribution in [2.75, 3.05) is 7.11 Å². The molecular formula is C17H14O4. The first-order valence-electron chi connectivity index (χ1n) is 6.68. The maximum Gasteiger partial charge on any atom is 0.337 e. The fourth-order valence-corrected chi connectivity index (χ4v) is 2.67. The Morgan fingerprint density at radius 1 is 1.05 bits per heavy atom. The number of phenols is 1. The molecule has 0 saturated heterocycles. The van der Waals surface area contributed by atoms with E-state index in [0.29, 0.717) is 29.5 Å². The molecule has 4 nitrogen and oxygen atoms in total. The van der Waals surface area contributed by atoms with Gasteiger partial charge in [-0.15, -0.1) is 0 Å². The van der Waals surface area contributed by atoms with Crippen LogP contribution >= 0.6 is 0 Å². The number of rotatable bonds is 1. The largest absolute Gasteiger partial charge is 0.508 e. The molecule has 0 aliphatic heterocycles. The first kappa shape index (κ1) is 13.4. The van der Waals surface area contributed by atoms with Crippen LogP contribution in [0.1, 0.15) is 37.4 Å². The van der Waals surface area contributed by atoms with E-state index in [-0.39, 0.29) is 11.5 Å². The van der Waals surface area contributed by atoms with Crippen LogP contribution in [0.25, 0.3) is 0 Å². The van der Waals surface area contributed by atoms with E-state index in [1.165, 1.54) is 13.2 Å². The molecule has 1 aliphatic carbocycles. The molecule has 0 saturated carbocycles. The average molecular weight is 282 g/mol. The van der Waals surface area contributed by atoms with Crippen LogP contribution in [0.15, 0.2) is 36.4 Å². The van der Waals surface area contributed by atoms with Crippen molar-refractivity contribution in [2.45, 2.75) is 12.8 Å². The molecule has 0 spiro atoms. The van der Waals surface area contributed by atoms with Gasteiger partial charge in [0.25, 0.3) is 0 Å². The molecule has 2 aromatic rings. The highest BCUT2D eigenvalue weighted by atomic mass is 16.5. The summed E-state index contributed by atoms with van der Waals surface area (Å²) in [5, 5.41) is 9.56. The first-order chi connectivity index (χ1) is 10.1. The number of fused-ring (bicyclic) bond motifs is 2. The number of hydrogen-bond acceptors (Lipinski definition) is 4. The molecule has 0 amide bonds. The van der Waals surface area contributed by atoms with Crippen LogP contribution in [0.5, 0.6) is 5.75 Å². The van der Waals surface area contributed by atoms with Gasteiger partial charge in [0.05, 0.1) is 12.7 Å². The Morgan fingerprint density at radius 2 is 1.81 bits per heavy atom. The standard InChI is InChI=1S/C17H14O4/c1-21-17(20)12-5-3-10-2-4-11-8-13(18)6-7-14(11)16(19)15(10)9-12/h3,5-9,18H,2,4H2,1H3. The number of ketones is 1. The second kappa shape index (κ2) is 5.05. The van der Waals surface area contributed by atoms with Crippen molar-refractivity contribution in [3.05, 3.63) is 64.2 Å². The lowest BCUT2D eigenvalue weighted by atomic mass is 9.97. The molecule has 0 bridgehead atoms. The van der Waals surface area contributed by atoms with E-state index in [9.17, 15) is 14.7 Å². The van der Waals surface area contributed by atoms with Crippen molar-refractivity contribution in [3.63, 3.8) is 0 Å². The Morgan fingerprint density at radius 3 is 2.57 bits per heavy atom. The fraction of sp³-hybridized carbons (Fsp3) is 0.176. The third-order valence-electron chi connectivity index (χ3n) is 3.77. The van der Waals surface area contributed by atoms with Gasteiger partial charge in [-0.2, -0.15) is 0 Å². The highest BCUT2D eigenvalue weighted by Crippen LogP contribution is 2.27. The predicted molar refractivity (Wildman–Crippen MR) is 76.7 cm³/mol. The van der Waals surface area contributed by atoms with E-state index >= 15 is 0 Å². The van der Waals surface area contributed by atoms with Gasteiger partial charge >= 0.3 is 5.97 Å².